The van der Waals surface area contributed by atoms with Gasteiger partial charge >= 0.3 is 56.2 Å². The molecule has 0 spiro atoms. The van der Waals surface area contributed by atoms with Crippen molar-refractivity contribution in [2.75, 3.05) is 5.73 Å². The molecular formula is C6H6CuN. The van der Waals surface area contributed by atoms with E-state index in [1.54, 1.807) is 24.3 Å². The fourth-order valence-electron chi connectivity index (χ4n) is 0.450. The summed E-state index contributed by atoms with van der Waals surface area (Å²) >= 11 is 4.95. The number of benzene rings is 1. The average Bonchev–Trinajstić information content (AvgIpc) is 1.77. The molecule has 2 N–H and O–H groups in total. The molecular weight excluding hydrogens is 150 g/mol. The maximum atomic E-state index is 5.38. The Morgan fingerprint density at radius 1 is 1.12 bits per heavy atom. The molecule has 0 atom stereocenters. The monoisotopic (exact) mass is 155 g/mol. The van der Waals surface area contributed by atoms with Gasteiger partial charge in [0, 0.05) is 0 Å². The van der Waals surface area contributed by atoms with E-state index in [4.69, 9.17) is 21.7 Å². The van der Waals surface area contributed by atoms with E-state index in [0.717, 1.165) is 10.1 Å². The first kappa shape index (κ1) is 5.67. The van der Waals surface area contributed by atoms with Crippen LogP contribution in [0, 0.1) is 0 Å². The molecule has 0 fully saturated rings. The third kappa shape index (κ3) is 1.25. The summed E-state index contributed by atoms with van der Waals surface area (Å²) < 4.78 is 0.812. The topological polar surface area (TPSA) is 26.0 Å². The Balaban J connectivity index is 3.03. The van der Waals surface area contributed by atoms with Crippen molar-refractivity contribution in [3.63, 3.8) is 0 Å². The van der Waals surface area contributed by atoms with Crippen LogP contribution in [0.5, 0.6) is 0 Å². The molecule has 1 nitrogen and oxygen atoms in total. The number of anilines is 1. The first-order valence-corrected chi connectivity index (χ1v) is 2.73. The summed E-state index contributed by atoms with van der Waals surface area (Å²) in [6.07, 6.45) is 0. The van der Waals surface area contributed by atoms with Crippen molar-refractivity contribution in [3.05, 3.63) is 24.3 Å². The van der Waals surface area contributed by atoms with Gasteiger partial charge in [0.2, 0.25) is 0 Å². The summed E-state index contributed by atoms with van der Waals surface area (Å²) in [6.45, 7) is 0. The van der Waals surface area contributed by atoms with Crippen LogP contribution in [0.1, 0.15) is 0 Å². The summed E-state index contributed by atoms with van der Waals surface area (Å²) in [5.41, 5.74) is 6.14. The molecule has 0 bridgehead atoms. The molecule has 0 aromatic heterocycles. The van der Waals surface area contributed by atoms with Crippen LogP contribution in [-0.4, -0.2) is 0 Å². The second-order valence-corrected chi connectivity index (χ2v) is 2.05. The Labute approximate surface area is 56.7 Å². The van der Waals surface area contributed by atoms with E-state index in [1.807, 2.05) is 0 Å². The molecule has 0 amide bonds. The van der Waals surface area contributed by atoms with Crippen LogP contribution in [0.4, 0.5) is 5.69 Å². The van der Waals surface area contributed by atoms with E-state index >= 15 is 0 Å². The van der Waals surface area contributed by atoms with Gasteiger partial charge in [-0.05, 0) is 0 Å². The minimum atomic E-state index is 0.759. The molecule has 0 unspecified atom stereocenters. The Morgan fingerprint density at radius 3 is 2.00 bits per heavy atom. The van der Waals surface area contributed by atoms with Gasteiger partial charge in [-0.25, -0.2) is 0 Å². The van der Waals surface area contributed by atoms with Crippen molar-refractivity contribution in [2.24, 2.45) is 0 Å². The fraction of sp³-hybridized carbons (Fsp3) is 0. The summed E-state index contributed by atoms with van der Waals surface area (Å²) in [7, 11) is 0. The van der Waals surface area contributed by atoms with E-state index in [9.17, 15) is 0 Å². The van der Waals surface area contributed by atoms with Gasteiger partial charge < -0.3 is 0 Å². The molecule has 0 aliphatic carbocycles. The van der Waals surface area contributed by atoms with Gasteiger partial charge in [0.05, 0.1) is 0 Å². The summed E-state index contributed by atoms with van der Waals surface area (Å²) in [5.74, 6) is 0. The predicted molar refractivity (Wildman–Crippen MR) is 30.5 cm³/mol. The van der Waals surface area contributed by atoms with Gasteiger partial charge in [-0.15, -0.1) is 0 Å². The second-order valence-electron chi connectivity index (χ2n) is 1.51. The zero-order valence-electron chi connectivity index (χ0n) is 4.19. The molecule has 1 rings (SSSR count). The summed E-state index contributed by atoms with van der Waals surface area (Å²) in [5, 5.41) is 0. The Bertz CT molecular complexity index is 147. The molecule has 0 heterocycles. The van der Waals surface area contributed by atoms with Gasteiger partial charge in [-0.3, -0.25) is 0 Å². The molecule has 1 aromatic rings. The number of nitrogen functional groups attached to an aromatic ring is 1. The zero-order chi connectivity index (χ0) is 5.98. The molecule has 0 aliphatic rings. The van der Waals surface area contributed by atoms with Crippen LogP contribution in [0.15, 0.2) is 24.3 Å². The number of rotatable bonds is 0. The van der Waals surface area contributed by atoms with Crippen molar-refractivity contribution in [2.45, 2.75) is 0 Å². The van der Waals surface area contributed by atoms with E-state index in [-0.39, 0.29) is 0 Å². The Hall–Kier alpha value is -0.461. The average molecular weight is 156 g/mol. The van der Waals surface area contributed by atoms with Crippen molar-refractivity contribution in [1.29, 1.82) is 0 Å². The van der Waals surface area contributed by atoms with Crippen molar-refractivity contribution < 1.29 is 16.0 Å². The molecule has 1 aromatic carbocycles. The molecule has 46 valence electrons. The van der Waals surface area contributed by atoms with Crippen LogP contribution >= 0.6 is 0 Å². The standard InChI is InChI=1S/C6H6N.Cu/c7-6-4-2-1-3-5-6;/h2-5H,7H2;. The van der Waals surface area contributed by atoms with Crippen LogP contribution in [0.25, 0.3) is 0 Å². The molecule has 0 aliphatic heterocycles. The van der Waals surface area contributed by atoms with Crippen LogP contribution in [0.2, 0.25) is 0 Å². The minimum absolute atomic E-state index is 0.759. The third-order valence-electron chi connectivity index (χ3n) is 0.845. The normalized spacial score (nSPS) is 9.25. The second kappa shape index (κ2) is 2.21. The van der Waals surface area contributed by atoms with E-state index in [1.165, 1.54) is 0 Å². The van der Waals surface area contributed by atoms with Crippen molar-refractivity contribution in [3.8, 4) is 0 Å². The van der Waals surface area contributed by atoms with Crippen LogP contribution < -0.4 is 10.2 Å². The number of hydrogen-bond donors (Lipinski definition) is 1. The third-order valence-corrected chi connectivity index (χ3v) is 1.16. The summed E-state index contributed by atoms with van der Waals surface area (Å²) in [4.78, 5) is 0. The van der Waals surface area contributed by atoms with Gasteiger partial charge in [-0.2, -0.15) is 0 Å². The quantitative estimate of drug-likeness (QED) is 0.427. The molecule has 0 saturated carbocycles. The Morgan fingerprint density at radius 2 is 1.62 bits per heavy atom. The molecule has 0 saturated heterocycles. The van der Waals surface area contributed by atoms with Crippen LogP contribution in [-0.2, 0) is 16.0 Å². The first-order valence-electron chi connectivity index (χ1n) is 2.26. The predicted octanol–water partition coefficient (Wildman–Crippen LogP) is 0.441. The van der Waals surface area contributed by atoms with Crippen LogP contribution in [0.3, 0.4) is 0 Å². The van der Waals surface area contributed by atoms with Crippen molar-refractivity contribution in [1.82, 2.24) is 0 Å². The molecule has 8 heavy (non-hydrogen) atoms. The molecule has 2 heteroatoms. The number of hydrogen-bond acceptors (Lipinski definition) is 1. The summed E-state index contributed by atoms with van der Waals surface area (Å²) in [6, 6.07) is 7.18. The Kier molecular flexibility index (Phi) is 1.56. The van der Waals surface area contributed by atoms with E-state index in [0.29, 0.717) is 0 Å². The fourth-order valence-corrected chi connectivity index (χ4v) is 0.607. The van der Waals surface area contributed by atoms with E-state index < -0.39 is 0 Å². The van der Waals surface area contributed by atoms with Gasteiger partial charge in [-0.1, -0.05) is 0 Å². The SMILES string of the molecule is Nc1cc[c]([Cu])cc1. The van der Waals surface area contributed by atoms with Gasteiger partial charge in [0.25, 0.3) is 0 Å². The zero-order valence-corrected chi connectivity index (χ0v) is 5.13. The van der Waals surface area contributed by atoms with Gasteiger partial charge in [0.1, 0.15) is 0 Å². The van der Waals surface area contributed by atoms with Gasteiger partial charge in [0.15, 0.2) is 0 Å². The number of nitrogens with two attached hydrogens (primary N) is 1. The molecule has 0 radical (unpaired) electrons. The van der Waals surface area contributed by atoms with E-state index in [2.05, 4.69) is 0 Å². The van der Waals surface area contributed by atoms with Crippen molar-refractivity contribution >= 4 is 10.1 Å². The maximum absolute atomic E-state index is 5.38. The first-order chi connectivity index (χ1) is 3.79.